The van der Waals surface area contributed by atoms with E-state index in [1.165, 1.54) is 18.4 Å². The minimum absolute atomic E-state index is 0.176. The van der Waals surface area contributed by atoms with Crippen molar-refractivity contribution in [1.29, 1.82) is 0 Å². The van der Waals surface area contributed by atoms with Gasteiger partial charge in [0.25, 0.3) is 0 Å². The van der Waals surface area contributed by atoms with E-state index in [9.17, 15) is 4.79 Å². The van der Waals surface area contributed by atoms with Crippen molar-refractivity contribution < 1.29 is 4.79 Å². The molecule has 1 saturated carbocycles. The standard InChI is InChI=1S/C22H31N5OS/c1-26-21(24-25-22(26)29-16-17-8-3-2-4-9-17)18-10-7-13-27(14-18)15-20(28)23-19-11-5-6-12-19/h2-4,8-9,18-19H,5-7,10-16H2,1H3,(H,23,28). The molecular weight excluding hydrogens is 382 g/mol. The fourth-order valence-corrected chi connectivity index (χ4v) is 5.36. The summed E-state index contributed by atoms with van der Waals surface area (Å²) in [6.07, 6.45) is 6.96. The summed E-state index contributed by atoms with van der Waals surface area (Å²) in [4.78, 5) is 14.7. The summed E-state index contributed by atoms with van der Waals surface area (Å²) in [5.74, 6) is 2.45. The van der Waals surface area contributed by atoms with Gasteiger partial charge in [-0.1, -0.05) is 54.9 Å². The zero-order valence-corrected chi connectivity index (χ0v) is 18.0. The molecule has 2 aromatic rings. The minimum Gasteiger partial charge on any atom is -0.352 e. The second kappa shape index (κ2) is 9.76. The number of rotatable bonds is 7. The van der Waals surface area contributed by atoms with Crippen molar-refractivity contribution in [2.75, 3.05) is 19.6 Å². The maximum absolute atomic E-state index is 12.4. The Balaban J connectivity index is 1.32. The molecule has 2 fully saturated rings. The van der Waals surface area contributed by atoms with Crippen LogP contribution in [0.15, 0.2) is 35.5 Å². The lowest BCUT2D eigenvalue weighted by atomic mass is 9.97. The Labute approximate surface area is 177 Å². The third-order valence-corrected chi connectivity index (χ3v) is 7.13. The first-order chi connectivity index (χ1) is 14.2. The Morgan fingerprint density at radius 1 is 1.14 bits per heavy atom. The summed E-state index contributed by atoms with van der Waals surface area (Å²) in [5.41, 5.74) is 1.29. The van der Waals surface area contributed by atoms with Crippen molar-refractivity contribution in [3.63, 3.8) is 0 Å². The molecule has 2 heterocycles. The first kappa shape index (κ1) is 20.4. The topological polar surface area (TPSA) is 63.1 Å². The van der Waals surface area contributed by atoms with E-state index < -0.39 is 0 Å². The number of benzene rings is 1. The van der Waals surface area contributed by atoms with Crippen LogP contribution in [-0.2, 0) is 17.6 Å². The van der Waals surface area contributed by atoms with Crippen molar-refractivity contribution >= 4 is 17.7 Å². The fourth-order valence-electron chi connectivity index (χ4n) is 4.49. The number of thioether (sulfide) groups is 1. The normalized spacial score (nSPS) is 20.8. The summed E-state index contributed by atoms with van der Waals surface area (Å²) >= 11 is 1.73. The molecule has 156 valence electrons. The highest BCUT2D eigenvalue weighted by molar-refractivity contribution is 7.98. The molecule has 1 aromatic heterocycles. The molecule has 1 amide bonds. The average Bonchev–Trinajstić information content (AvgIpc) is 3.37. The van der Waals surface area contributed by atoms with Crippen LogP contribution in [0.3, 0.4) is 0 Å². The minimum atomic E-state index is 0.176. The zero-order chi connectivity index (χ0) is 20.1. The highest BCUT2D eigenvalue weighted by Crippen LogP contribution is 2.29. The highest BCUT2D eigenvalue weighted by atomic mass is 32.2. The van der Waals surface area contributed by atoms with Gasteiger partial charge in [-0.05, 0) is 37.8 Å². The summed E-state index contributed by atoms with van der Waals surface area (Å²) in [5, 5.41) is 13.1. The van der Waals surface area contributed by atoms with Crippen LogP contribution in [0, 0.1) is 0 Å². The van der Waals surface area contributed by atoms with Crippen molar-refractivity contribution in [2.24, 2.45) is 7.05 Å². The second-order valence-electron chi connectivity index (χ2n) is 8.30. The van der Waals surface area contributed by atoms with E-state index in [1.54, 1.807) is 11.8 Å². The Hall–Kier alpha value is -1.86. The highest BCUT2D eigenvalue weighted by Gasteiger charge is 2.27. The van der Waals surface area contributed by atoms with Crippen LogP contribution in [0.4, 0.5) is 0 Å². The molecule has 4 rings (SSSR count). The van der Waals surface area contributed by atoms with E-state index in [0.29, 0.717) is 18.5 Å². The number of nitrogens with one attached hydrogen (secondary N) is 1. The first-order valence-corrected chi connectivity index (χ1v) is 11.8. The molecule has 1 aromatic carbocycles. The Morgan fingerprint density at radius 2 is 1.93 bits per heavy atom. The molecule has 1 aliphatic carbocycles. The van der Waals surface area contributed by atoms with Gasteiger partial charge in [0.05, 0.1) is 6.54 Å². The molecule has 7 heteroatoms. The Morgan fingerprint density at radius 3 is 2.72 bits per heavy atom. The van der Waals surface area contributed by atoms with Gasteiger partial charge in [0.1, 0.15) is 5.82 Å². The van der Waals surface area contributed by atoms with Crippen LogP contribution in [0.5, 0.6) is 0 Å². The zero-order valence-electron chi connectivity index (χ0n) is 17.2. The van der Waals surface area contributed by atoms with E-state index in [1.807, 2.05) is 6.07 Å². The third-order valence-electron chi connectivity index (χ3n) is 6.04. The number of likely N-dealkylation sites (tertiary alicyclic amines) is 1. The SMILES string of the molecule is Cn1c(SCc2ccccc2)nnc1C1CCCN(CC(=O)NC2CCCC2)C1. The van der Waals surface area contributed by atoms with Crippen molar-refractivity contribution in [2.45, 2.75) is 61.4 Å². The summed E-state index contributed by atoms with van der Waals surface area (Å²) < 4.78 is 2.14. The molecule has 1 saturated heterocycles. The molecule has 1 N–H and O–H groups in total. The number of hydrogen-bond donors (Lipinski definition) is 1. The predicted molar refractivity (Wildman–Crippen MR) is 116 cm³/mol. The molecule has 1 atom stereocenters. The number of carbonyl (C=O) groups is 1. The van der Waals surface area contributed by atoms with Crippen LogP contribution < -0.4 is 5.32 Å². The van der Waals surface area contributed by atoms with Gasteiger partial charge in [0.2, 0.25) is 5.91 Å². The summed E-state index contributed by atoms with van der Waals surface area (Å²) in [6.45, 7) is 2.37. The van der Waals surface area contributed by atoms with Gasteiger partial charge >= 0.3 is 0 Å². The maximum Gasteiger partial charge on any atom is 0.234 e. The van der Waals surface area contributed by atoms with Gasteiger partial charge < -0.3 is 9.88 Å². The Kier molecular flexibility index (Phi) is 6.87. The number of aromatic nitrogens is 3. The van der Waals surface area contributed by atoms with Gasteiger partial charge in [-0.15, -0.1) is 10.2 Å². The van der Waals surface area contributed by atoms with E-state index in [-0.39, 0.29) is 5.91 Å². The molecule has 29 heavy (non-hydrogen) atoms. The predicted octanol–water partition coefficient (Wildman–Crippen LogP) is 3.35. The first-order valence-electron chi connectivity index (χ1n) is 10.8. The van der Waals surface area contributed by atoms with Crippen LogP contribution in [0.1, 0.15) is 55.8 Å². The van der Waals surface area contributed by atoms with E-state index in [4.69, 9.17) is 0 Å². The maximum atomic E-state index is 12.4. The van der Waals surface area contributed by atoms with Crippen LogP contribution in [0.25, 0.3) is 0 Å². The molecular formula is C22H31N5OS. The average molecular weight is 414 g/mol. The van der Waals surface area contributed by atoms with Gasteiger partial charge in [-0.25, -0.2) is 0 Å². The molecule has 6 nitrogen and oxygen atoms in total. The van der Waals surface area contributed by atoms with E-state index >= 15 is 0 Å². The van der Waals surface area contributed by atoms with Crippen LogP contribution in [-0.4, -0.2) is 51.2 Å². The largest absolute Gasteiger partial charge is 0.352 e. The van der Waals surface area contributed by atoms with Crippen molar-refractivity contribution in [3.05, 3.63) is 41.7 Å². The van der Waals surface area contributed by atoms with Crippen molar-refractivity contribution in [3.8, 4) is 0 Å². The second-order valence-corrected chi connectivity index (χ2v) is 9.24. The van der Waals surface area contributed by atoms with Gasteiger partial charge in [-0.2, -0.15) is 0 Å². The monoisotopic (exact) mass is 413 g/mol. The lowest BCUT2D eigenvalue weighted by Crippen LogP contribution is -2.44. The van der Waals surface area contributed by atoms with E-state index in [0.717, 1.165) is 55.5 Å². The Bertz CT molecular complexity index is 803. The number of piperidine rings is 1. The molecule has 0 bridgehead atoms. The van der Waals surface area contributed by atoms with Crippen molar-refractivity contribution in [1.82, 2.24) is 25.0 Å². The lowest BCUT2D eigenvalue weighted by molar-refractivity contribution is -0.123. The van der Waals surface area contributed by atoms with E-state index in [2.05, 4.69) is 56.3 Å². The lowest BCUT2D eigenvalue weighted by Gasteiger charge is -2.31. The van der Waals surface area contributed by atoms with Crippen LogP contribution in [0.2, 0.25) is 0 Å². The summed E-state index contributed by atoms with van der Waals surface area (Å²) in [6, 6.07) is 10.8. The molecule has 1 aliphatic heterocycles. The van der Waals surface area contributed by atoms with Gasteiger partial charge in [0, 0.05) is 31.3 Å². The number of hydrogen-bond acceptors (Lipinski definition) is 5. The fraction of sp³-hybridized carbons (Fsp3) is 0.591. The van der Waals surface area contributed by atoms with Gasteiger partial charge in [-0.3, -0.25) is 9.69 Å². The molecule has 1 unspecified atom stereocenters. The number of carbonyl (C=O) groups excluding carboxylic acids is 1. The quantitative estimate of drug-likeness (QED) is 0.706. The molecule has 2 aliphatic rings. The third kappa shape index (κ3) is 5.39. The number of nitrogens with zero attached hydrogens (tertiary/aromatic N) is 4. The molecule has 0 radical (unpaired) electrons. The van der Waals surface area contributed by atoms with Gasteiger partial charge in [0.15, 0.2) is 5.16 Å². The smallest absolute Gasteiger partial charge is 0.234 e. The van der Waals surface area contributed by atoms with Crippen LogP contribution >= 0.6 is 11.8 Å². The molecule has 0 spiro atoms. The summed E-state index contributed by atoms with van der Waals surface area (Å²) in [7, 11) is 2.06. The number of amides is 1.